The molecule has 1 aliphatic carbocycles. The average molecular weight is 142 g/mol. The van der Waals surface area contributed by atoms with Gasteiger partial charge in [-0.15, -0.1) is 0 Å². The first kappa shape index (κ1) is 7.25. The molecule has 1 saturated carbocycles. The average Bonchev–Trinajstić information content (AvgIpc) is 1.82. The van der Waals surface area contributed by atoms with Gasteiger partial charge in [-0.2, -0.15) is 0 Å². The van der Waals surface area contributed by atoms with Crippen molar-refractivity contribution < 1.29 is 14.7 Å². The minimum Gasteiger partial charge on any atom is -0.481 e. The van der Waals surface area contributed by atoms with E-state index in [0.29, 0.717) is 0 Å². The summed E-state index contributed by atoms with van der Waals surface area (Å²) < 4.78 is 0. The quantitative estimate of drug-likeness (QED) is 0.586. The molecule has 1 rings (SSSR count). The molecule has 0 aromatic heterocycles. The van der Waals surface area contributed by atoms with Crippen molar-refractivity contribution in [3.8, 4) is 0 Å². The second-order valence-corrected chi connectivity index (χ2v) is 3.24. The molecule has 0 bridgehead atoms. The van der Waals surface area contributed by atoms with Gasteiger partial charge < -0.3 is 5.11 Å². The molecule has 0 aromatic carbocycles. The van der Waals surface area contributed by atoms with Crippen LogP contribution in [-0.4, -0.2) is 16.9 Å². The van der Waals surface area contributed by atoms with Crippen LogP contribution in [0.4, 0.5) is 0 Å². The maximum atomic E-state index is 10.8. The molecular formula is C7H10O3. The van der Waals surface area contributed by atoms with Crippen molar-refractivity contribution >= 4 is 11.8 Å². The third-order valence-electron chi connectivity index (χ3n) is 2.28. The van der Waals surface area contributed by atoms with E-state index in [4.69, 9.17) is 5.11 Å². The van der Waals surface area contributed by atoms with Gasteiger partial charge in [0, 0.05) is 11.8 Å². The standard InChI is InChI=1S/C7H10O3/c1-7(2)4(6(9)10)3-5(7)8/h4H,3H2,1-2H3,(H,9,10)/t4-/m1/s1. The van der Waals surface area contributed by atoms with Gasteiger partial charge in [-0.25, -0.2) is 0 Å². The van der Waals surface area contributed by atoms with Gasteiger partial charge in [0.25, 0.3) is 0 Å². The summed E-state index contributed by atoms with van der Waals surface area (Å²) in [4.78, 5) is 21.2. The highest BCUT2D eigenvalue weighted by Gasteiger charge is 2.51. The zero-order valence-electron chi connectivity index (χ0n) is 6.05. The lowest BCUT2D eigenvalue weighted by atomic mass is 9.61. The Labute approximate surface area is 59.0 Å². The number of carboxylic acids is 1. The molecule has 1 fully saturated rings. The van der Waals surface area contributed by atoms with E-state index in [2.05, 4.69) is 0 Å². The number of carboxylic acid groups (broad SMARTS) is 1. The van der Waals surface area contributed by atoms with Crippen LogP contribution in [0.3, 0.4) is 0 Å². The van der Waals surface area contributed by atoms with Gasteiger partial charge in [0.2, 0.25) is 0 Å². The predicted octanol–water partition coefficient (Wildman–Crippen LogP) is 0.686. The first-order valence-corrected chi connectivity index (χ1v) is 3.22. The summed E-state index contributed by atoms with van der Waals surface area (Å²) in [6, 6.07) is 0. The van der Waals surface area contributed by atoms with E-state index < -0.39 is 17.3 Å². The number of aliphatic carboxylic acids is 1. The maximum absolute atomic E-state index is 10.8. The van der Waals surface area contributed by atoms with Gasteiger partial charge in [0.1, 0.15) is 5.78 Å². The fourth-order valence-corrected chi connectivity index (χ4v) is 1.16. The largest absolute Gasteiger partial charge is 0.481 e. The van der Waals surface area contributed by atoms with Crippen LogP contribution in [-0.2, 0) is 9.59 Å². The molecule has 1 aliphatic rings. The highest BCUT2D eigenvalue weighted by molar-refractivity contribution is 5.98. The van der Waals surface area contributed by atoms with Crippen LogP contribution in [0.5, 0.6) is 0 Å². The highest BCUT2D eigenvalue weighted by atomic mass is 16.4. The Hall–Kier alpha value is -0.860. The van der Waals surface area contributed by atoms with E-state index >= 15 is 0 Å². The molecule has 10 heavy (non-hydrogen) atoms. The van der Waals surface area contributed by atoms with Crippen molar-refractivity contribution in [1.29, 1.82) is 0 Å². The molecule has 0 heterocycles. The van der Waals surface area contributed by atoms with Gasteiger partial charge >= 0.3 is 5.97 Å². The van der Waals surface area contributed by atoms with Crippen LogP contribution in [0, 0.1) is 11.3 Å². The second kappa shape index (κ2) is 1.81. The zero-order chi connectivity index (χ0) is 7.94. The van der Waals surface area contributed by atoms with E-state index in [0.717, 1.165) is 0 Å². The molecule has 3 nitrogen and oxygen atoms in total. The van der Waals surface area contributed by atoms with E-state index in [9.17, 15) is 9.59 Å². The molecule has 0 amide bonds. The van der Waals surface area contributed by atoms with Crippen molar-refractivity contribution in [2.75, 3.05) is 0 Å². The van der Waals surface area contributed by atoms with Crippen molar-refractivity contribution in [1.82, 2.24) is 0 Å². The van der Waals surface area contributed by atoms with Gasteiger partial charge in [-0.1, -0.05) is 13.8 Å². The summed E-state index contributed by atoms with van der Waals surface area (Å²) in [7, 11) is 0. The number of hydrogen-bond acceptors (Lipinski definition) is 2. The Bertz CT molecular complexity index is 193. The number of ketones is 1. The summed E-state index contributed by atoms with van der Waals surface area (Å²) >= 11 is 0. The number of carbonyl (C=O) groups is 2. The lowest BCUT2D eigenvalue weighted by molar-refractivity contribution is -0.162. The van der Waals surface area contributed by atoms with E-state index in [1.54, 1.807) is 13.8 Å². The number of hydrogen-bond donors (Lipinski definition) is 1. The molecular weight excluding hydrogens is 132 g/mol. The van der Waals surface area contributed by atoms with Crippen LogP contribution in [0.1, 0.15) is 20.3 Å². The minimum absolute atomic E-state index is 0.0555. The smallest absolute Gasteiger partial charge is 0.307 e. The lowest BCUT2D eigenvalue weighted by Gasteiger charge is -2.39. The first-order chi connectivity index (χ1) is 4.46. The normalized spacial score (nSPS) is 29.4. The highest BCUT2D eigenvalue weighted by Crippen LogP contribution is 2.42. The molecule has 1 N–H and O–H groups in total. The van der Waals surface area contributed by atoms with Gasteiger partial charge in [-0.05, 0) is 0 Å². The van der Waals surface area contributed by atoms with E-state index in [1.807, 2.05) is 0 Å². The number of rotatable bonds is 1. The molecule has 0 aliphatic heterocycles. The molecule has 3 heteroatoms. The fraction of sp³-hybridized carbons (Fsp3) is 0.714. The number of Topliss-reactive ketones (excluding diaryl/α,β-unsaturated/α-hetero) is 1. The molecule has 56 valence electrons. The van der Waals surface area contributed by atoms with E-state index in [1.165, 1.54) is 0 Å². The molecule has 1 atom stereocenters. The second-order valence-electron chi connectivity index (χ2n) is 3.24. The Morgan fingerprint density at radius 1 is 1.70 bits per heavy atom. The van der Waals surface area contributed by atoms with Crippen LogP contribution >= 0.6 is 0 Å². The van der Waals surface area contributed by atoms with Crippen molar-refractivity contribution in [2.45, 2.75) is 20.3 Å². The van der Waals surface area contributed by atoms with Gasteiger partial charge in [0.15, 0.2) is 0 Å². The Balaban J connectivity index is 2.72. The third-order valence-corrected chi connectivity index (χ3v) is 2.28. The summed E-state index contributed by atoms with van der Waals surface area (Å²) in [6.45, 7) is 3.36. The van der Waals surface area contributed by atoms with Gasteiger partial charge in [0.05, 0.1) is 5.92 Å². The predicted molar refractivity (Wildman–Crippen MR) is 34.5 cm³/mol. The Morgan fingerprint density at radius 3 is 2.30 bits per heavy atom. The first-order valence-electron chi connectivity index (χ1n) is 3.22. The molecule has 0 aromatic rings. The van der Waals surface area contributed by atoms with E-state index in [-0.39, 0.29) is 12.2 Å². The fourth-order valence-electron chi connectivity index (χ4n) is 1.16. The van der Waals surface area contributed by atoms with Crippen molar-refractivity contribution in [2.24, 2.45) is 11.3 Å². The van der Waals surface area contributed by atoms with Gasteiger partial charge in [-0.3, -0.25) is 9.59 Å². The Morgan fingerprint density at radius 2 is 2.20 bits per heavy atom. The summed E-state index contributed by atoms with van der Waals surface area (Å²) in [5.74, 6) is -1.26. The Kier molecular flexibility index (Phi) is 1.31. The monoisotopic (exact) mass is 142 g/mol. The molecule has 0 spiro atoms. The summed E-state index contributed by atoms with van der Waals surface area (Å²) in [5, 5.41) is 8.53. The van der Waals surface area contributed by atoms with Crippen LogP contribution in [0.2, 0.25) is 0 Å². The molecule has 0 saturated heterocycles. The lowest BCUT2D eigenvalue weighted by Crippen LogP contribution is -2.49. The van der Waals surface area contributed by atoms with Crippen LogP contribution in [0.15, 0.2) is 0 Å². The molecule has 0 unspecified atom stereocenters. The van der Waals surface area contributed by atoms with Crippen molar-refractivity contribution in [3.63, 3.8) is 0 Å². The number of carbonyl (C=O) groups excluding carboxylic acids is 1. The maximum Gasteiger partial charge on any atom is 0.307 e. The minimum atomic E-state index is -0.857. The van der Waals surface area contributed by atoms with Crippen molar-refractivity contribution in [3.05, 3.63) is 0 Å². The van der Waals surface area contributed by atoms with Crippen LogP contribution < -0.4 is 0 Å². The molecule has 0 radical (unpaired) electrons. The summed E-state index contributed by atoms with van der Waals surface area (Å²) in [6.07, 6.45) is 0.211. The summed E-state index contributed by atoms with van der Waals surface area (Å²) in [5.41, 5.74) is -0.619. The van der Waals surface area contributed by atoms with Crippen LogP contribution in [0.25, 0.3) is 0 Å². The zero-order valence-corrected chi connectivity index (χ0v) is 6.05. The third kappa shape index (κ3) is 0.735. The topological polar surface area (TPSA) is 54.4 Å². The SMILES string of the molecule is CC1(C)C(=O)C[C@@H]1C(=O)O.